The minimum absolute atomic E-state index is 0.108. The number of halogens is 3. The fourth-order valence-electron chi connectivity index (χ4n) is 3.40. The van der Waals surface area contributed by atoms with Crippen LogP contribution < -0.4 is 9.64 Å². The molecule has 31 heavy (non-hydrogen) atoms. The topological polar surface area (TPSA) is 75.9 Å². The Hall–Kier alpha value is -3.30. The monoisotopic (exact) mass is 437 g/mol. The fourth-order valence-corrected chi connectivity index (χ4v) is 3.40. The van der Waals surface area contributed by atoms with E-state index in [1.54, 1.807) is 9.80 Å². The highest BCUT2D eigenvalue weighted by Gasteiger charge is 2.34. The summed E-state index contributed by atoms with van der Waals surface area (Å²) in [6.45, 7) is 4.77. The van der Waals surface area contributed by atoms with Gasteiger partial charge in [-0.1, -0.05) is 12.1 Å². The fraction of sp³-hybridized carbons (Fsp3) is 0.381. The summed E-state index contributed by atoms with van der Waals surface area (Å²) in [6, 6.07) is 8.20. The average Bonchev–Trinajstić information content (AvgIpc) is 2.73. The summed E-state index contributed by atoms with van der Waals surface area (Å²) in [5, 5.41) is 11.3. The number of nitrogens with zero attached hydrogens (tertiary/aromatic N) is 3. The second-order valence-electron chi connectivity index (χ2n) is 7.38. The van der Waals surface area contributed by atoms with Crippen molar-refractivity contribution < 1.29 is 27.6 Å². The Bertz CT molecular complexity index is 986. The second kappa shape index (κ2) is 8.83. The van der Waals surface area contributed by atoms with E-state index in [1.807, 2.05) is 32.0 Å². The molecule has 166 valence electrons. The minimum Gasteiger partial charge on any atom is -0.483 e. The number of hydrogen-bond acceptors (Lipinski definition) is 5. The van der Waals surface area contributed by atoms with Crippen molar-refractivity contribution in [2.75, 3.05) is 37.7 Å². The predicted octanol–water partition coefficient (Wildman–Crippen LogP) is 3.96. The van der Waals surface area contributed by atoms with Gasteiger partial charge < -0.3 is 14.5 Å². The van der Waals surface area contributed by atoms with Crippen molar-refractivity contribution in [2.45, 2.75) is 20.0 Å². The molecule has 1 heterocycles. The largest absolute Gasteiger partial charge is 0.483 e. The summed E-state index contributed by atoms with van der Waals surface area (Å²) in [6.07, 6.45) is -4.66. The molecule has 0 N–H and O–H groups in total. The molecule has 1 aliphatic heterocycles. The van der Waals surface area contributed by atoms with Crippen LogP contribution in [0.1, 0.15) is 16.7 Å². The first-order valence-corrected chi connectivity index (χ1v) is 9.64. The molecule has 0 spiro atoms. The van der Waals surface area contributed by atoms with Gasteiger partial charge in [0.15, 0.2) is 6.61 Å². The lowest BCUT2D eigenvalue weighted by atomic mass is 10.1. The molecule has 0 unspecified atom stereocenters. The molecule has 2 aromatic carbocycles. The summed E-state index contributed by atoms with van der Waals surface area (Å²) in [5.74, 6) is 0.412. The van der Waals surface area contributed by atoms with Crippen molar-refractivity contribution in [1.29, 1.82) is 0 Å². The first-order valence-electron chi connectivity index (χ1n) is 9.64. The van der Waals surface area contributed by atoms with Crippen LogP contribution in [0.3, 0.4) is 0 Å². The van der Waals surface area contributed by atoms with Crippen LogP contribution in [0.2, 0.25) is 0 Å². The first-order chi connectivity index (χ1) is 14.6. The molecular weight excluding hydrogens is 415 g/mol. The summed E-state index contributed by atoms with van der Waals surface area (Å²) < 4.78 is 44.3. The Morgan fingerprint density at radius 3 is 2.39 bits per heavy atom. The summed E-state index contributed by atoms with van der Waals surface area (Å²) in [5.41, 5.74) is 0.363. The highest BCUT2D eigenvalue weighted by Crippen LogP contribution is 2.36. The van der Waals surface area contributed by atoms with Crippen LogP contribution in [0.5, 0.6) is 5.75 Å². The van der Waals surface area contributed by atoms with Gasteiger partial charge in [0.1, 0.15) is 11.4 Å². The van der Waals surface area contributed by atoms with E-state index in [0.717, 1.165) is 23.3 Å². The number of nitro groups is 1. The van der Waals surface area contributed by atoms with Crippen LogP contribution in [0.4, 0.5) is 24.5 Å². The molecule has 1 fully saturated rings. The van der Waals surface area contributed by atoms with Gasteiger partial charge >= 0.3 is 6.18 Å². The number of nitro benzene ring substituents is 1. The third-order valence-electron chi connectivity index (χ3n) is 5.17. The standard InChI is InChI=1S/C21H22F3N3O4/c1-14-3-4-15(2)19(11-14)31-13-20(28)26-9-7-25(8-10-26)17-6-5-16(21(22,23)24)12-18(17)27(29)30/h3-6,11-12H,7-10,13H2,1-2H3. The van der Waals surface area contributed by atoms with Gasteiger partial charge in [0.25, 0.3) is 11.6 Å². The zero-order chi connectivity index (χ0) is 22.8. The maximum atomic E-state index is 12.9. The van der Waals surface area contributed by atoms with Crippen molar-refractivity contribution in [3.05, 3.63) is 63.2 Å². The quantitative estimate of drug-likeness (QED) is 0.523. The Labute approximate surface area is 177 Å². The van der Waals surface area contributed by atoms with Crippen molar-refractivity contribution >= 4 is 17.3 Å². The number of anilines is 1. The number of aryl methyl sites for hydroxylation is 2. The highest BCUT2D eigenvalue weighted by atomic mass is 19.4. The number of piperazine rings is 1. The zero-order valence-corrected chi connectivity index (χ0v) is 17.1. The predicted molar refractivity (Wildman–Crippen MR) is 108 cm³/mol. The SMILES string of the molecule is Cc1ccc(C)c(OCC(=O)N2CCN(c3ccc(C(F)(F)F)cc3[N+](=O)[O-])CC2)c1. The third kappa shape index (κ3) is 5.25. The highest BCUT2D eigenvalue weighted by molar-refractivity contribution is 5.78. The molecule has 3 rings (SSSR count). The molecule has 1 saturated heterocycles. The van der Waals surface area contributed by atoms with Gasteiger partial charge in [-0.25, -0.2) is 0 Å². The van der Waals surface area contributed by atoms with Gasteiger partial charge in [0, 0.05) is 32.2 Å². The van der Waals surface area contributed by atoms with Crippen molar-refractivity contribution in [3.8, 4) is 5.75 Å². The molecule has 0 bridgehead atoms. The van der Waals surface area contributed by atoms with E-state index < -0.39 is 22.4 Å². The number of amides is 1. The Balaban J connectivity index is 1.63. The molecule has 7 nitrogen and oxygen atoms in total. The van der Waals surface area contributed by atoms with Gasteiger partial charge in [-0.2, -0.15) is 13.2 Å². The number of benzene rings is 2. The molecular formula is C21H22F3N3O4. The smallest absolute Gasteiger partial charge is 0.416 e. The Morgan fingerprint density at radius 2 is 1.77 bits per heavy atom. The first kappa shape index (κ1) is 22.4. The maximum absolute atomic E-state index is 12.9. The van der Waals surface area contributed by atoms with Gasteiger partial charge in [0.05, 0.1) is 10.5 Å². The van der Waals surface area contributed by atoms with E-state index in [0.29, 0.717) is 11.8 Å². The van der Waals surface area contributed by atoms with E-state index in [9.17, 15) is 28.1 Å². The minimum atomic E-state index is -4.66. The number of hydrogen-bond donors (Lipinski definition) is 0. The van der Waals surface area contributed by atoms with Crippen LogP contribution in [0.15, 0.2) is 36.4 Å². The van der Waals surface area contributed by atoms with Crippen LogP contribution in [-0.4, -0.2) is 48.5 Å². The number of carbonyl (C=O) groups excluding carboxylic acids is 1. The van der Waals surface area contributed by atoms with Crippen molar-refractivity contribution in [2.24, 2.45) is 0 Å². The Morgan fingerprint density at radius 1 is 1.10 bits per heavy atom. The number of carbonyl (C=O) groups is 1. The van der Waals surface area contributed by atoms with Crippen LogP contribution in [-0.2, 0) is 11.0 Å². The molecule has 1 amide bonds. The summed E-state index contributed by atoms with van der Waals surface area (Å²) in [4.78, 5) is 26.2. The van der Waals surface area contributed by atoms with Crippen molar-refractivity contribution in [1.82, 2.24) is 4.90 Å². The lowest BCUT2D eigenvalue weighted by Gasteiger charge is -2.35. The number of alkyl halides is 3. The van der Waals surface area contributed by atoms with Crippen LogP contribution >= 0.6 is 0 Å². The number of ether oxygens (including phenoxy) is 1. The third-order valence-corrected chi connectivity index (χ3v) is 5.17. The van der Waals surface area contributed by atoms with Crippen LogP contribution in [0, 0.1) is 24.0 Å². The van der Waals surface area contributed by atoms with Gasteiger partial charge in [-0.3, -0.25) is 14.9 Å². The van der Waals surface area contributed by atoms with E-state index in [2.05, 4.69) is 0 Å². The lowest BCUT2D eigenvalue weighted by molar-refractivity contribution is -0.384. The second-order valence-corrected chi connectivity index (χ2v) is 7.38. The maximum Gasteiger partial charge on any atom is 0.416 e. The van der Waals surface area contributed by atoms with E-state index >= 15 is 0 Å². The molecule has 0 aromatic heterocycles. The average molecular weight is 437 g/mol. The summed E-state index contributed by atoms with van der Waals surface area (Å²) in [7, 11) is 0. The van der Waals surface area contributed by atoms with E-state index in [1.165, 1.54) is 0 Å². The van der Waals surface area contributed by atoms with Crippen LogP contribution in [0.25, 0.3) is 0 Å². The van der Waals surface area contributed by atoms with E-state index in [-0.39, 0.29) is 44.4 Å². The molecule has 10 heteroatoms. The lowest BCUT2D eigenvalue weighted by Crippen LogP contribution is -2.50. The summed E-state index contributed by atoms with van der Waals surface area (Å²) >= 11 is 0. The van der Waals surface area contributed by atoms with Gasteiger partial charge in [-0.05, 0) is 43.2 Å². The number of rotatable bonds is 5. The Kier molecular flexibility index (Phi) is 6.37. The normalized spacial score (nSPS) is 14.5. The molecule has 0 atom stereocenters. The molecule has 2 aromatic rings. The molecule has 1 aliphatic rings. The van der Waals surface area contributed by atoms with Gasteiger partial charge in [0.2, 0.25) is 0 Å². The van der Waals surface area contributed by atoms with Gasteiger partial charge in [-0.15, -0.1) is 0 Å². The zero-order valence-electron chi connectivity index (χ0n) is 17.1. The van der Waals surface area contributed by atoms with E-state index in [4.69, 9.17) is 4.74 Å². The molecule has 0 saturated carbocycles. The molecule has 0 radical (unpaired) electrons. The molecule has 0 aliphatic carbocycles. The van der Waals surface area contributed by atoms with Crippen molar-refractivity contribution in [3.63, 3.8) is 0 Å².